The molecule has 0 unspecified atom stereocenters. The molecule has 0 bridgehead atoms. The molecule has 1 amide bonds. The molecule has 5 heteroatoms. The van der Waals surface area contributed by atoms with Gasteiger partial charge in [-0.25, -0.2) is 4.99 Å². The van der Waals surface area contributed by atoms with Crippen molar-refractivity contribution in [3.05, 3.63) is 105 Å². The standard InChI is InChI=1S/C32H29N3OS/c1-20-17-21(2)29-25(18-20)26(30(35-29)22-11-5-3-6-12-22)19-33-32-28(24-15-9-10-16-27(24)37-32)31(36)34-23-13-7-4-8-14-23/h3-8,11-14,17-19,35H,9-10,15-16H2,1-2H3,(H,34,36). The lowest BCUT2D eigenvalue weighted by Gasteiger charge is -2.12. The van der Waals surface area contributed by atoms with Crippen LogP contribution >= 0.6 is 11.3 Å². The zero-order valence-electron chi connectivity index (χ0n) is 21.1. The molecule has 1 aliphatic rings. The molecule has 6 rings (SSSR count). The summed E-state index contributed by atoms with van der Waals surface area (Å²) in [4.78, 5) is 23.5. The van der Waals surface area contributed by atoms with E-state index in [1.54, 1.807) is 11.3 Å². The molecule has 37 heavy (non-hydrogen) atoms. The van der Waals surface area contributed by atoms with Crippen molar-refractivity contribution >= 4 is 45.0 Å². The average Bonchev–Trinajstić information content (AvgIpc) is 3.47. The van der Waals surface area contributed by atoms with Crippen LogP contribution in [0, 0.1) is 13.8 Å². The van der Waals surface area contributed by atoms with Gasteiger partial charge in [-0.2, -0.15) is 0 Å². The van der Waals surface area contributed by atoms with E-state index in [0.29, 0.717) is 0 Å². The number of para-hydroxylation sites is 1. The number of anilines is 1. The number of benzene rings is 3. The van der Waals surface area contributed by atoms with Gasteiger partial charge >= 0.3 is 0 Å². The molecular weight excluding hydrogens is 474 g/mol. The van der Waals surface area contributed by atoms with E-state index in [1.807, 2.05) is 42.6 Å². The van der Waals surface area contributed by atoms with Gasteiger partial charge < -0.3 is 10.3 Å². The van der Waals surface area contributed by atoms with Crippen molar-refractivity contribution in [2.75, 3.05) is 5.32 Å². The van der Waals surface area contributed by atoms with E-state index in [0.717, 1.165) is 69.7 Å². The highest BCUT2D eigenvalue weighted by Gasteiger charge is 2.25. The van der Waals surface area contributed by atoms with E-state index in [2.05, 4.69) is 60.5 Å². The minimum atomic E-state index is -0.0772. The minimum Gasteiger partial charge on any atom is -0.354 e. The first-order valence-electron chi connectivity index (χ1n) is 12.8. The number of carbonyl (C=O) groups excluding carboxylic acids is 1. The molecule has 3 aromatic carbocycles. The average molecular weight is 504 g/mol. The van der Waals surface area contributed by atoms with E-state index in [-0.39, 0.29) is 5.91 Å². The number of aromatic amines is 1. The molecule has 1 aliphatic carbocycles. The van der Waals surface area contributed by atoms with Crippen molar-refractivity contribution in [1.82, 2.24) is 4.98 Å². The van der Waals surface area contributed by atoms with Gasteiger partial charge in [0.1, 0.15) is 5.00 Å². The molecule has 0 radical (unpaired) electrons. The van der Waals surface area contributed by atoms with E-state index >= 15 is 0 Å². The molecule has 0 saturated heterocycles. The Morgan fingerprint density at radius 2 is 1.70 bits per heavy atom. The third kappa shape index (κ3) is 4.51. The van der Waals surface area contributed by atoms with Gasteiger partial charge in [0.25, 0.3) is 5.91 Å². The molecule has 184 valence electrons. The summed E-state index contributed by atoms with van der Waals surface area (Å²) >= 11 is 1.67. The van der Waals surface area contributed by atoms with E-state index < -0.39 is 0 Å². The summed E-state index contributed by atoms with van der Waals surface area (Å²) < 4.78 is 0. The van der Waals surface area contributed by atoms with Gasteiger partial charge in [0.2, 0.25) is 0 Å². The number of thiophene rings is 1. The molecule has 0 saturated carbocycles. The second-order valence-corrected chi connectivity index (χ2v) is 10.8. The number of H-pyrrole nitrogens is 1. The van der Waals surface area contributed by atoms with Crippen LogP contribution in [0.3, 0.4) is 0 Å². The molecule has 2 N–H and O–H groups in total. The molecule has 0 aliphatic heterocycles. The Labute approximate surface area is 221 Å². The number of nitrogens with zero attached hydrogens (tertiary/aromatic N) is 1. The Morgan fingerprint density at radius 3 is 2.49 bits per heavy atom. The summed E-state index contributed by atoms with van der Waals surface area (Å²) in [5.41, 5.74) is 9.46. The van der Waals surface area contributed by atoms with Crippen molar-refractivity contribution in [3.8, 4) is 11.3 Å². The quantitative estimate of drug-likeness (QED) is 0.232. The predicted molar refractivity (Wildman–Crippen MR) is 156 cm³/mol. The van der Waals surface area contributed by atoms with Crippen molar-refractivity contribution in [3.63, 3.8) is 0 Å². The number of hydrogen-bond acceptors (Lipinski definition) is 3. The van der Waals surface area contributed by atoms with Crippen molar-refractivity contribution in [2.24, 2.45) is 4.99 Å². The third-order valence-corrected chi connectivity index (χ3v) is 8.27. The Morgan fingerprint density at radius 1 is 0.973 bits per heavy atom. The molecule has 0 atom stereocenters. The fourth-order valence-electron chi connectivity index (χ4n) is 5.35. The zero-order valence-corrected chi connectivity index (χ0v) is 21.9. The molecule has 4 nitrogen and oxygen atoms in total. The maximum atomic E-state index is 13.5. The third-order valence-electron chi connectivity index (χ3n) is 7.07. The van der Waals surface area contributed by atoms with Gasteiger partial charge in [-0.3, -0.25) is 4.79 Å². The highest BCUT2D eigenvalue weighted by molar-refractivity contribution is 7.16. The molecular formula is C32H29N3OS. The van der Waals surface area contributed by atoms with E-state index in [4.69, 9.17) is 4.99 Å². The first kappa shape index (κ1) is 23.4. The SMILES string of the molecule is Cc1cc(C)c2[nH]c(-c3ccccc3)c(C=Nc3sc4c(c3C(=O)Nc3ccccc3)CCCC4)c2c1. The van der Waals surface area contributed by atoms with Gasteiger partial charge in [0.05, 0.1) is 11.3 Å². The van der Waals surface area contributed by atoms with Crippen LogP contribution in [0.2, 0.25) is 0 Å². The number of carbonyl (C=O) groups is 1. The summed E-state index contributed by atoms with van der Waals surface area (Å²) in [6, 6.07) is 24.5. The van der Waals surface area contributed by atoms with E-state index in [1.165, 1.54) is 21.6 Å². The van der Waals surface area contributed by atoms with Crippen LogP contribution in [0.5, 0.6) is 0 Å². The molecule has 2 heterocycles. The van der Waals surface area contributed by atoms with Gasteiger partial charge in [-0.1, -0.05) is 60.2 Å². The lowest BCUT2D eigenvalue weighted by Crippen LogP contribution is -2.14. The Kier molecular flexibility index (Phi) is 6.23. The number of fused-ring (bicyclic) bond motifs is 2. The van der Waals surface area contributed by atoms with Crippen LogP contribution in [0.25, 0.3) is 22.2 Å². The predicted octanol–water partition coefficient (Wildman–Crippen LogP) is 8.39. The highest BCUT2D eigenvalue weighted by atomic mass is 32.1. The maximum absolute atomic E-state index is 13.5. The summed E-state index contributed by atoms with van der Waals surface area (Å²) in [5, 5.41) is 5.04. The lowest BCUT2D eigenvalue weighted by atomic mass is 9.95. The number of amides is 1. The Balaban J connectivity index is 1.47. The monoisotopic (exact) mass is 503 g/mol. The van der Waals surface area contributed by atoms with Crippen molar-refractivity contribution in [2.45, 2.75) is 39.5 Å². The molecule has 2 aromatic heterocycles. The number of nitrogens with one attached hydrogen (secondary N) is 2. The van der Waals surface area contributed by atoms with Crippen LogP contribution in [0.15, 0.2) is 77.8 Å². The topological polar surface area (TPSA) is 57.2 Å². The summed E-state index contributed by atoms with van der Waals surface area (Å²) in [5.74, 6) is -0.0772. The number of aromatic nitrogens is 1. The first-order valence-corrected chi connectivity index (χ1v) is 13.6. The smallest absolute Gasteiger partial charge is 0.259 e. The van der Waals surface area contributed by atoms with Crippen LogP contribution in [-0.2, 0) is 12.8 Å². The zero-order chi connectivity index (χ0) is 25.4. The summed E-state index contributed by atoms with van der Waals surface area (Å²) in [7, 11) is 0. The number of aliphatic imine (C=N–C) groups is 1. The fraction of sp³-hybridized carbons (Fsp3) is 0.188. The Bertz CT molecular complexity index is 1630. The largest absolute Gasteiger partial charge is 0.354 e. The van der Waals surface area contributed by atoms with Crippen molar-refractivity contribution < 1.29 is 4.79 Å². The number of aryl methyl sites for hydroxylation is 3. The normalized spacial score (nSPS) is 13.2. The number of rotatable bonds is 5. The fourth-order valence-corrected chi connectivity index (χ4v) is 6.58. The Hall–Kier alpha value is -3.96. The minimum absolute atomic E-state index is 0.0772. The highest BCUT2D eigenvalue weighted by Crippen LogP contribution is 2.41. The van der Waals surface area contributed by atoms with Gasteiger partial charge in [0.15, 0.2) is 0 Å². The van der Waals surface area contributed by atoms with Crippen LogP contribution < -0.4 is 5.32 Å². The second kappa shape index (κ2) is 9.83. The molecule has 5 aromatic rings. The lowest BCUT2D eigenvalue weighted by molar-refractivity contribution is 0.102. The molecule has 0 spiro atoms. The summed E-state index contributed by atoms with van der Waals surface area (Å²) in [6.07, 6.45) is 6.17. The van der Waals surface area contributed by atoms with Gasteiger partial charge in [0, 0.05) is 33.2 Å². The van der Waals surface area contributed by atoms with E-state index in [9.17, 15) is 4.79 Å². The molecule has 0 fully saturated rings. The first-order chi connectivity index (χ1) is 18.1. The van der Waals surface area contributed by atoms with Crippen LogP contribution in [0.4, 0.5) is 10.7 Å². The maximum Gasteiger partial charge on any atom is 0.259 e. The van der Waals surface area contributed by atoms with Crippen LogP contribution in [0.1, 0.15) is 50.3 Å². The van der Waals surface area contributed by atoms with Gasteiger partial charge in [-0.05, 0) is 74.4 Å². The summed E-state index contributed by atoms with van der Waals surface area (Å²) in [6.45, 7) is 4.27. The van der Waals surface area contributed by atoms with Crippen molar-refractivity contribution in [1.29, 1.82) is 0 Å². The number of hydrogen-bond donors (Lipinski definition) is 2. The van der Waals surface area contributed by atoms with Gasteiger partial charge in [-0.15, -0.1) is 11.3 Å². The second-order valence-electron chi connectivity index (χ2n) is 9.75. The van der Waals surface area contributed by atoms with Crippen LogP contribution in [-0.4, -0.2) is 17.1 Å².